The van der Waals surface area contributed by atoms with Gasteiger partial charge in [-0.1, -0.05) is 6.07 Å². The van der Waals surface area contributed by atoms with E-state index in [0.29, 0.717) is 36.9 Å². The fraction of sp³-hybridized carbons (Fsp3) is 0.429. The molecule has 0 aliphatic carbocycles. The van der Waals surface area contributed by atoms with Gasteiger partial charge in [-0.25, -0.2) is 16.8 Å². The lowest BCUT2D eigenvalue weighted by atomic mass is 10.3. The third-order valence-corrected chi connectivity index (χ3v) is 8.99. The van der Waals surface area contributed by atoms with E-state index in [9.17, 15) is 16.8 Å². The van der Waals surface area contributed by atoms with E-state index < -0.39 is 19.9 Å². The van der Waals surface area contributed by atoms with Gasteiger partial charge in [0.15, 0.2) is 21.3 Å². The van der Waals surface area contributed by atoms with E-state index in [4.69, 9.17) is 14.2 Å². The van der Waals surface area contributed by atoms with Crippen LogP contribution < -0.4 is 14.2 Å². The second kappa shape index (κ2) is 10.1. The molecule has 3 rings (SSSR count). The highest BCUT2D eigenvalue weighted by Crippen LogP contribution is 2.31. The zero-order chi connectivity index (χ0) is 23.4. The molecule has 32 heavy (non-hydrogen) atoms. The lowest BCUT2D eigenvalue weighted by Gasteiger charge is -2.33. The number of ether oxygens (including phenoxy) is 3. The maximum absolute atomic E-state index is 13.0. The molecule has 0 N–H and O–H groups in total. The average molecular weight is 485 g/mol. The van der Waals surface area contributed by atoms with Gasteiger partial charge >= 0.3 is 0 Å². The molecular formula is C21H28N2O7S2. The molecule has 0 atom stereocenters. The van der Waals surface area contributed by atoms with Crippen LogP contribution in [0.5, 0.6) is 17.2 Å². The Morgan fingerprint density at radius 2 is 1.47 bits per heavy atom. The van der Waals surface area contributed by atoms with Crippen LogP contribution in [0.3, 0.4) is 0 Å². The van der Waals surface area contributed by atoms with Crippen LogP contribution in [0.1, 0.15) is 0 Å². The second-order valence-electron chi connectivity index (χ2n) is 7.26. The molecule has 0 saturated carbocycles. The summed E-state index contributed by atoms with van der Waals surface area (Å²) in [5.41, 5.74) is 0. The Morgan fingerprint density at radius 3 is 2.09 bits per heavy atom. The zero-order valence-electron chi connectivity index (χ0n) is 18.4. The Kier molecular flexibility index (Phi) is 7.65. The predicted molar refractivity (Wildman–Crippen MR) is 120 cm³/mol. The maximum atomic E-state index is 13.0. The summed E-state index contributed by atoms with van der Waals surface area (Å²) in [5.74, 6) is 1.23. The van der Waals surface area contributed by atoms with Crippen molar-refractivity contribution in [3.8, 4) is 17.2 Å². The Bertz CT molecular complexity index is 1140. The molecule has 11 heteroatoms. The molecule has 1 fully saturated rings. The number of nitrogens with zero attached hydrogens (tertiary/aromatic N) is 2. The van der Waals surface area contributed by atoms with Crippen LogP contribution in [-0.2, 0) is 19.9 Å². The van der Waals surface area contributed by atoms with Crippen LogP contribution in [0.4, 0.5) is 0 Å². The van der Waals surface area contributed by atoms with Gasteiger partial charge < -0.3 is 14.2 Å². The van der Waals surface area contributed by atoms with Gasteiger partial charge in [0.1, 0.15) is 5.75 Å². The van der Waals surface area contributed by atoms with Crippen LogP contribution in [0.15, 0.2) is 52.3 Å². The summed E-state index contributed by atoms with van der Waals surface area (Å²) in [4.78, 5) is 2.30. The monoisotopic (exact) mass is 484 g/mol. The Hall–Kier alpha value is -2.34. The van der Waals surface area contributed by atoms with Crippen molar-refractivity contribution in [3.63, 3.8) is 0 Å². The number of rotatable bonds is 9. The molecule has 0 amide bonds. The van der Waals surface area contributed by atoms with Gasteiger partial charge in [0.25, 0.3) is 0 Å². The van der Waals surface area contributed by atoms with Gasteiger partial charge in [0.05, 0.1) is 36.9 Å². The van der Waals surface area contributed by atoms with E-state index >= 15 is 0 Å². The summed E-state index contributed by atoms with van der Waals surface area (Å²) < 4.78 is 68.2. The molecule has 1 aliphatic rings. The molecule has 0 radical (unpaired) electrons. The summed E-state index contributed by atoms with van der Waals surface area (Å²) in [5, 5.41) is 0. The number of hydrogen-bond donors (Lipinski definition) is 0. The van der Waals surface area contributed by atoms with Crippen LogP contribution in [-0.4, -0.2) is 85.8 Å². The van der Waals surface area contributed by atoms with Crippen molar-refractivity contribution in [2.75, 3.05) is 59.8 Å². The molecule has 2 aromatic carbocycles. The summed E-state index contributed by atoms with van der Waals surface area (Å²) >= 11 is 0. The fourth-order valence-corrected chi connectivity index (χ4v) is 6.24. The zero-order valence-corrected chi connectivity index (χ0v) is 20.0. The van der Waals surface area contributed by atoms with Crippen LogP contribution >= 0.6 is 0 Å². The normalized spacial score (nSPS) is 16.0. The SMILES string of the molecule is COc1cccc(S(=O)(=O)CCN2CCN(S(=O)(=O)c3ccc(OC)c(OC)c3)CC2)c1. The Balaban J connectivity index is 1.61. The summed E-state index contributed by atoms with van der Waals surface area (Å²) in [6, 6.07) is 10.9. The molecule has 0 aromatic heterocycles. The van der Waals surface area contributed by atoms with Gasteiger partial charge in [-0.15, -0.1) is 0 Å². The molecular weight excluding hydrogens is 456 g/mol. The molecule has 1 saturated heterocycles. The Morgan fingerprint density at radius 1 is 0.781 bits per heavy atom. The first-order chi connectivity index (χ1) is 15.2. The first-order valence-corrected chi connectivity index (χ1v) is 13.1. The molecule has 0 spiro atoms. The molecule has 1 aliphatic heterocycles. The average Bonchev–Trinajstić information content (AvgIpc) is 2.82. The highest BCUT2D eigenvalue weighted by Gasteiger charge is 2.30. The van der Waals surface area contributed by atoms with Crippen molar-refractivity contribution in [1.82, 2.24) is 9.21 Å². The van der Waals surface area contributed by atoms with Crippen molar-refractivity contribution in [3.05, 3.63) is 42.5 Å². The van der Waals surface area contributed by atoms with E-state index in [1.54, 1.807) is 24.3 Å². The molecule has 0 unspecified atom stereocenters. The standard InChI is InChI=1S/C21H28N2O7S2/c1-28-17-5-4-6-18(15-17)31(24,25)14-13-22-9-11-23(12-10-22)32(26,27)19-7-8-20(29-2)21(16-19)30-3/h4-8,15-16H,9-14H2,1-3H3. The van der Waals surface area contributed by atoms with Crippen molar-refractivity contribution in [2.24, 2.45) is 0 Å². The van der Waals surface area contributed by atoms with E-state index in [-0.39, 0.29) is 28.6 Å². The first-order valence-electron chi connectivity index (χ1n) is 10.0. The largest absolute Gasteiger partial charge is 0.497 e. The van der Waals surface area contributed by atoms with Crippen molar-refractivity contribution < 1.29 is 31.0 Å². The fourth-order valence-electron chi connectivity index (χ4n) is 3.48. The van der Waals surface area contributed by atoms with E-state index in [2.05, 4.69) is 0 Å². The number of piperazine rings is 1. The third-order valence-electron chi connectivity index (χ3n) is 5.40. The lowest BCUT2D eigenvalue weighted by Crippen LogP contribution is -2.49. The van der Waals surface area contributed by atoms with Gasteiger partial charge in [-0.3, -0.25) is 4.90 Å². The minimum Gasteiger partial charge on any atom is -0.497 e. The van der Waals surface area contributed by atoms with Crippen LogP contribution in [0.2, 0.25) is 0 Å². The quantitative estimate of drug-likeness (QED) is 0.528. The highest BCUT2D eigenvalue weighted by atomic mass is 32.2. The third kappa shape index (κ3) is 5.34. The second-order valence-corrected chi connectivity index (χ2v) is 11.3. The highest BCUT2D eigenvalue weighted by molar-refractivity contribution is 7.91. The van der Waals surface area contributed by atoms with Gasteiger partial charge in [0, 0.05) is 38.8 Å². The maximum Gasteiger partial charge on any atom is 0.243 e. The lowest BCUT2D eigenvalue weighted by molar-refractivity contribution is 0.197. The van der Waals surface area contributed by atoms with Crippen molar-refractivity contribution >= 4 is 19.9 Å². The van der Waals surface area contributed by atoms with Crippen molar-refractivity contribution in [2.45, 2.75) is 9.79 Å². The molecule has 9 nitrogen and oxygen atoms in total. The molecule has 2 aromatic rings. The van der Waals surface area contributed by atoms with Crippen molar-refractivity contribution in [1.29, 1.82) is 0 Å². The Labute approximate surface area is 189 Å². The molecule has 0 bridgehead atoms. The summed E-state index contributed by atoms with van der Waals surface area (Å²) in [7, 11) is -2.74. The number of sulfonamides is 1. The molecule has 1 heterocycles. The summed E-state index contributed by atoms with van der Waals surface area (Å²) in [6.07, 6.45) is 0. The minimum atomic E-state index is -3.70. The number of benzene rings is 2. The van der Waals surface area contributed by atoms with E-state index in [1.807, 2.05) is 4.90 Å². The van der Waals surface area contributed by atoms with E-state index in [0.717, 1.165) is 0 Å². The van der Waals surface area contributed by atoms with Crippen LogP contribution in [0.25, 0.3) is 0 Å². The van der Waals surface area contributed by atoms with Gasteiger partial charge in [0.2, 0.25) is 10.0 Å². The smallest absolute Gasteiger partial charge is 0.243 e. The van der Waals surface area contributed by atoms with E-state index in [1.165, 1.54) is 43.8 Å². The number of methoxy groups -OCH3 is 3. The van der Waals surface area contributed by atoms with Gasteiger partial charge in [-0.05, 0) is 30.3 Å². The summed E-state index contributed by atoms with van der Waals surface area (Å²) in [6.45, 7) is 1.76. The van der Waals surface area contributed by atoms with Gasteiger partial charge in [-0.2, -0.15) is 4.31 Å². The van der Waals surface area contributed by atoms with Crippen LogP contribution in [0, 0.1) is 0 Å². The first kappa shape index (κ1) is 24.3. The number of sulfone groups is 1. The minimum absolute atomic E-state index is 0.0530. The predicted octanol–water partition coefficient (Wildman–Crippen LogP) is 1.49. The topological polar surface area (TPSA) is 102 Å². The number of hydrogen-bond acceptors (Lipinski definition) is 8. The molecule has 176 valence electrons.